The number of hydrogen-bond acceptors (Lipinski definition) is 4. The first-order chi connectivity index (χ1) is 12.5. The van der Waals surface area contributed by atoms with Gasteiger partial charge < -0.3 is 19.5 Å². The van der Waals surface area contributed by atoms with Gasteiger partial charge in [-0.3, -0.25) is 0 Å². The second-order valence-electron chi connectivity index (χ2n) is 8.53. The fourth-order valence-corrected chi connectivity index (χ4v) is 4.44. The summed E-state index contributed by atoms with van der Waals surface area (Å²) >= 11 is 0. The predicted octanol–water partition coefficient (Wildman–Crippen LogP) is 3.53. The molecule has 3 atom stereocenters. The smallest absolute Gasteiger partial charge is 0.161 e. The molecule has 4 nitrogen and oxygen atoms in total. The summed E-state index contributed by atoms with van der Waals surface area (Å²) in [6.07, 6.45) is 8.39. The number of ether oxygens (including phenoxy) is 2. The van der Waals surface area contributed by atoms with Crippen LogP contribution in [0.4, 0.5) is 0 Å². The lowest BCUT2D eigenvalue weighted by Crippen LogP contribution is -2.44. The molecule has 0 radical (unpaired) electrons. The molecule has 26 heavy (non-hydrogen) atoms. The summed E-state index contributed by atoms with van der Waals surface area (Å²) in [6, 6.07) is 6.78. The van der Waals surface area contributed by atoms with Crippen LogP contribution >= 0.6 is 0 Å². The summed E-state index contributed by atoms with van der Waals surface area (Å²) < 4.78 is 12.2. The standard InChI is InChI=1S/C22H31NO3/c1-15(2)26-19-7-6-17(12-20(19)25-14-16-4-5-16)22-9-8-18(24)13-21(22)23(3)11-10-22/h6-9,12,15-16,18,21,24H,4-5,10-11,13-14H2,1-3H3/t18-,21+,22+/m1/s1. The van der Waals surface area contributed by atoms with Gasteiger partial charge in [0.15, 0.2) is 11.5 Å². The van der Waals surface area contributed by atoms with Crippen molar-refractivity contribution in [1.29, 1.82) is 0 Å². The Morgan fingerprint density at radius 2 is 2.08 bits per heavy atom. The lowest BCUT2D eigenvalue weighted by atomic mass is 9.69. The first kappa shape index (κ1) is 17.9. The minimum Gasteiger partial charge on any atom is -0.489 e. The van der Waals surface area contributed by atoms with Gasteiger partial charge in [0.2, 0.25) is 0 Å². The number of benzene rings is 1. The number of rotatable bonds is 6. The molecule has 1 heterocycles. The van der Waals surface area contributed by atoms with Crippen LogP contribution in [-0.4, -0.2) is 48.5 Å². The molecule has 1 saturated carbocycles. The van der Waals surface area contributed by atoms with E-state index in [1.54, 1.807) is 0 Å². The molecule has 4 heteroatoms. The highest BCUT2D eigenvalue weighted by atomic mass is 16.5. The van der Waals surface area contributed by atoms with Gasteiger partial charge in [-0.15, -0.1) is 0 Å². The zero-order chi connectivity index (χ0) is 18.3. The number of nitrogens with zero attached hydrogens (tertiary/aromatic N) is 1. The predicted molar refractivity (Wildman–Crippen MR) is 103 cm³/mol. The lowest BCUT2D eigenvalue weighted by molar-refractivity contribution is 0.137. The van der Waals surface area contributed by atoms with Crippen molar-refractivity contribution in [2.75, 3.05) is 20.2 Å². The Balaban J connectivity index is 1.68. The summed E-state index contributed by atoms with van der Waals surface area (Å²) in [4.78, 5) is 2.38. The maximum Gasteiger partial charge on any atom is 0.161 e. The summed E-state index contributed by atoms with van der Waals surface area (Å²) in [5.41, 5.74) is 1.24. The molecular weight excluding hydrogens is 326 g/mol. The third-order valence-electron chi connectivity index (χ3n) is 6.10. The molecule has 2 fully saturated rings. The molecule has 3 aliphatic rings. The van der Waals surface area contributed by atoms with Crippen LogP contribution in [0.25, 0.3) is 0 Å². The van der Waals surface area contributed by atoms with Gasteiger partial charge >= 0.3 is 0 Å². The van der Waals surface area contributed by atoms with E-state index in [1.807, 2.05) is 19.9 Å². The molecule has 4 rings (SSSR count). The molecule has 0 bridgehead atoms. The molecular formula is C22H31NO3. The second kappa shape index (κ2) is 6.90. The van der Waals surface area contributed by atoms with E-state index in [1.165, 1.54) is 18.4 Å². The van der Waals surface area contributed by atoms with E-state index < -0.39 is 0 Å². The highest BCUT2D eigenvalue weighted by Gasteiger charge is 2.48. The average Bonchev–Trinajstić information content (AvgIpc) is 3.38. The van der Waals surface area contributed by atoms with E-state index in [4.69, 9.17) is 9.47 Å². The van der Waals surface area contributed by atoms with Crippen molar-refractivity contribution < 1.29 is 14.6 Å². The van der Waals surface area contributed by atoms with Gasteiger partial charge in [0.05, 0.1) is 18.8 Å². The lowest BCUT2D eigenvalue weighted by Gasteiger charge is -2.39. The largest absolute Gasteiger partial charge is 0.489 e. The first-order valence-electron chi connectivity index (χ1n) is 9.99. The minimum atomic E-state index is -0.345. The van der Waals surface area contributed by atoms with Gasteiger partial charge in [0.1, 0.15) is 0 Å². The Hall–Kier alpha value is -1.52. The van der Waals surface area contributed by atoms with Gasteiger partial charge in [-0.2, -0.15) is 0 Å². The van der Waals surface area contributed by atoms with Crippen LogP contribution < -0.4 is 9.47 Å². The Labute approximate surface area is 156 Å². The normalized spacial score (nSPS) is 31.3. The zero-order valence-electron chi connectivity index (χ0n) is 16.1. The maximum atomic E-state index is 10.1. The molecule has 1 N–H and O–H groups in total. The molecule has 0 amide bonds. The van der Waals surface area contributed by atoms with E-state index in [-0.39, 0.29) is 17.6 Å². The molecule has 1 saturated heterocycles. The van der Waals surface area contributed by atoms with Crippen molar-refractivity contribution in [3.63, 3.8) is 0 Å². The van der Waals surface area contributed by atoms with Gasteiger partial charge in [-0.05, 0) is 76.7 Å². The average molecular weight is 357 g/mol. The first-order valence-corrected chi connectivity index (χ1v) is 9.99. The van der Waals surface area contributed by atoms with Crippen LogP contribution in [0.3, 0.4) is 0 Å². The highest BCUT2D eigenvalue weighted by molar-refractivity contribution is 5.49. The third-order valence-corrected chi connectivity index (χ3v) is 6.10. The minimum absolute atomic E-state index is 0.0397. The van der Waals surface area contributed by atoms with Gasteiger partial charge in [0, 0.05) is 11.5 Å². The van der Waals surface area contributed by atoms with Crippen LogP contribution in [0, 0.1) is 5.92 Å². The summed E-state index contributed by atoms with van der Waals surface area (Å²) in [7, 11) is 2.17. The number of fused-ring (bicyclic) bond motifs is 1. The van der Waals surface area contributed by atoms with Gasteiger partial charge in [0.25, 0.3) is 0 Å². The van der Waals surface area contributed by atoms with Crippen molar-refractivity contribution in [3.8, 4) is 11.5 Å². The fourth-order valence-electron chi connectivity index (χ4n) is 4.44. The Kier molecular flexibility index (Phi) is 4.74. The van der Waals surface area contributed by atoms with Crippen molar-refractivity contribution in [1.82, 2.24) is 4.90 Å². The van der Waals surface area contributed by atoms with Crippen molar-refractivity contribution in [2.24, 2.45) is 5.92 Å². The van der Waals surface area contributed by atoms with E-state index in [0.29, 0.717) is 12.0 Å². The van der Waals surface area contributed by atoms with Crippen LogP contribution in [0.15, 0.2) is 30.4 Å². The molecule has 1 aromatic rings. The summed E-state index contributed by atoms with van der Waals surface area (Å²) in [5.74, 6) is 2.41. The number of hydrogen-bond donors (Lipinski definition) is 1. The van der Waals surface area contributed by atoms with E-state index in [2.05, 4.69) is 36.2 Å². The molecule has 1 aliphatic heterocycles. The SMILES string of the molecule is CC(C)Oc1ccc([C@@]23C=C[C@@H](O)C[C@@H]2N(C)CC3)cc1OCC1CC1. The number of aliphatic hydroxyl groups is 1. The van der Waals surface area contributed by atoms with E-state index in [9.17, 15) is 5.11 Å². The van der Waals surface area contributed by atoms with Crippen LogP contribution in [0.2, 0.25) is 0 Å². The van der Waals surface area contributed by atoms with Gasteiger partial charge in [-0.1, -0.05) is 18.2 Å². The molecule has 0 spiro atoms. The summed E-state index contributed by atoms with van der Waals surface area (Å²) in [6.45, 7) is 5.92. The number of likely N-dealkylation sites (N-methyl/N-ethyl adjacent to an activating group) is 1. The van der Waals surface area contributed by atoms with E-state index in [0.717, 1.165) is 37.5 Å². The number of aliphatic hydroxyl groups excluding tert-OH is 1. The Morgan fingerprint density at radius 3 is 2.81 bits per heavy atom. The molecule has 2 aliphatic carbocycles. The molecule has 0 unspecified atom stereocenters. The van der Waals surface area contributed by atoms with Crippen molar-refractivity contribution >= 4 is 0 Å². The third kappa shape index (κ3) is 3.37. The van der Waals surface area contributed by atoms with Crippen molar-refractivity contribution in [3.05, 3.63) is 35.9 Å². The Bertz CT molecular complexity index is 682. The zero-order valence-corrected chi connectivity index (χ0v) is 16.1. The quantitative estimate of drug-likeness (QED) is 0.791. The molecule has 142 valence electrons. The monoisotopic (exact) mass is 357 g/mol. The highest BCUT2D eigenvalue weighted by Crippen LogP contribution is 2.47. The summed E-state index contributed by atoms with van der Waals surface area (Å²) in [5, 5.41) is 10.1. The van der Waals surface area contributed by atoms with Crippen LogP contribution in [-0.2, 0) is 5.41 Å². The van der Waals surface area contributed by atoms with Gasteiger partial charge in [-0.25, -0.2) is 0 Å². The fraction of sp³-hybridized carbons (Fsp3) is 0.636. The Morgan fingerprint density at radius 1 is 1.27 bits per heavy atom. The molecule has 1 aromatic carbocycles. The maximum absolute atomic E-state index is 10.1. The molecule has 0 aromatic heterocycles. The topological polar surface area (TPSA) is 41.9 Å². The van der Waals surface area contributed by atoms with E-state index >= 15 is 0 Å². The number of likely N-dealkylation sites (tertiary alicyclic amines) is 1. The van der Waals surface area contributed by atoms with Crippen LogP contribution in [0.1, 0.15) is 45.1 Å². The second-order valence-corrected chi connectivity index (χ2v) is 8.53. The van der Waals surface area contributed by atoms with Crippen LogP contribution in [0.5, 0.6) is 11.5 Å². The van der Waals surface area contributed by atoms with Crippen molar-refractivity contribution in [2.45, 2.75) is 63.2 Å².